The number of Topliss-reactive ketones (excluding diaryl/α,β-unsaturated/α-hetero) is 1. The largest absolute Gasteiger partial charge is 0.317 e. The van der Waals surface area contributed by atoms with Crippen LogP contribution in [0, 0.1) is 11.3 Å². The van der Waals surface area contributed by atoms with Gasteiger partial charge in [0.25, 0.3) is 0 Å². The molecule has 0 radical (unpaired) electrons. The number of piperidine rings is 1. The standard InChI is InChI=1S/C14H25NO/c1-2-7-14(8-10-15-11-9-14)13(16)6-5-12-3-4-12/h12,15H,2-11H2,1H3. The van der Waals surface area contributed by atoms with Gasteiger partial charge in [-0.05, 0) is 44.7 Å². The number of nitrogens with one attached hydrogen (secondary N) is 1. The van der Waals surface area contributed by atoms with E-state index in [9.17, 15) is 4.79 Å². The molecular weight excluding hydrogens is 198 g/mol. The van der Waals surface area contributed by atoms with Crippen molar-refractivity contribution in [2.45, 2.75) is 58.3 Å². The third kappa shape index (κ3) is 2.85. The molecule has 1 saturated heterocycles. The van der Waals surface area contributed by atoms with Crippen molar-refractivity contribution in [3.63, 3.8) is 0 Å². The highest BCUT2D eigenvalue weighted by molar-refractivity contribution is 5.85. The van der Waals surface area contributed by atoms with Gasteiger partial charge in [-0.15, -0.1) is 0 Å². The molecule has 2 rings (SSSR count). The second-order valence-corrected chi connectivity index (χ2v) is 5.69. The van der Waals surface area contributed by atoms with E-state index in [1.54, 1.807) is 0 Å². The second kappa shape index (κ2) is 5.31. The van der Waals surface area contributed by atoms with Crippen LogP contribution in [0.15, 0.2) is 0 Å². The van der Waals surface area contributed by atoms with Crippen LogP contribution in [0.5, 0.6) is 0 Å². The Labute approximate surface area is 99.2 Å². The van der Waals surface area contributed by atoms with Crippen LogP contribution in [-0.4, -0.2) is 18.9 Å². The summed E-state index contributed by atoms with van der Waals surface area (Å²) in [6.07, 6.45) is 9.16. The summed E-state index contributed by atoms with van der Waals surface area (Å²) in [5.41, 5.74) is 0.0505. The maximum atomic E-state index is 12.4. The Balaban J connectivity index is 1.89. The molecule has 2 fully saturated rings. The fourth-order valence-electron chi connectivity index (χ4n) is 3.06. The molecule has 1 heterocycles. The average molecular weight is 223 g/mol. The molecular formula is C14H25NO. The normalized spacial score (nSPS) is 24.3. The molecule has 92 valence electrons. The van der Waals surface area contributed by atoms with E-state index in [2.05, 4.69) is 12.2 Å². The number of carbonyl (C=O) groups is 1. The van der Waals surface area contributed by atoms with Crippen LogP contribution in [-0.2, 0) is 4.79 Å². The predicted octanol–water partition coefficient (Wildman–Crippen LogP) is 2.92. The van der Waals surface area contributed by atoms with E-state index in [1.807, 2.05) is 0 Å². The van der Waals surface area contributed by atoms with Crippen LogP contribution >= 0.6 is 0 Å². The Kier molecular flexibility index (Phi) is 4.01. The van der Waals surface area contributed by atoms with Crippen LogP contribution in [0.3, 0.4) is 0 Å². The van der Waals surface area contributed by atoms with Crippen molar-refractivity contribution in [2.75, 3.05) is 13.1 Å². The second-order valence-electron chi connectivity index (χ2n) is 5.69. The van der Waals surface area contributed by atoms with Gasteiger partial charge in [-0.25, -0.2) is 0 Å². The first kappa shape index (κ1) is 12.1. The zero-order valence-corrected chi connectivity index (χ0v) is 10.6. The quantitative estimate of drug-likeness (QED) is 0.750. The molecule has 0 spiro atoms. The lowest BCUT2D eigenvalue weighted by molar-refractivity contribution is -0.131. The topological polar surface area (TPSA) is 29.1 Å². The molecule has 0 bridgehead atoms. The van der Waals surface area contributed by atoms with Crippen LogP contribution in [0.25, 0.3) is 0 Å². The Hall–Kier alpha value is -0.370. The van der Waals surface area contributed by atoms with Gasteiger partial charge in [0, 0.05) is 11.8 Å². The summed E-state index contributed by atoms with van der Waals surface area (Å²) in [5.74, 6) is 1.46. The highest BCUT2D eigenvalue weighted by Crippen LogP contribution is 2.39. The highest BCUT2D eigenvalue weighted by Gasteiger charge is 2.38. The Morgan fingerprint density at radius 3 is 2.56 bits per heavy atom. The minimum Gasteiger partial charge on any atom is -0.317 e. The van der Waals surface area contributed by atoms with Crippen molar-refractivity contribution in [3.05, 3.63) is 0 Å². The highest BCUT2D eigenvalue weighted by atomic mass is 16.1. The zero-order chi connectivity index (χ0) is 11.4. The molecule has 1 saturated carbocycles. The number of hydrogen-bond acceptors (Lipinski definition) is 2. The molecule has 1 aliphatic heterocycles. The third-order valence-electron chi connectivity index (χ3n) is 4.36. The maximum absolute atomic E-state index is 12.4. The minimum atomic E-state index is 0.0505. The molecule has 0 aromatic rings. The summed E-state index contributed by atoms with van der Waals surface area (Å²) in [6.45, 7) is 4.28. The molecule has 0 amide bonds. The fourth-order valence-corrected chi connectivity index (χ4v) is 3.06. The number of ketones is 1. The van der Waals surface area contributed by atoms with Gasteiger partial charge in [-0.1, -0.05) is 26.2 Å². The molecule has 1 N–H and O–H groups in total. The molecule has 1 aliphatic carbocycles. The molecule has 0 aromatic heterocycles. The lowest BCUT2D eigenvalue weighted by Crippen LogP contribution is -2.42. The van der Waals surface area contributed by atoms with E-state index in [-0.39, 0.29) is 5.41 Å². The zero-order valence-electron chi connectivity index (χ0n) is 10.6. The molecule has 2 heteroatoms. The summed E-state index contributed by atoms with van der Waals surface area (Å²) in [5, 5.41) is 3.38. The van der Waals surface area contributed by atoms with Gasteiger partial charge in [0.1, 0.15) is 5.78 Å². The SMILES string of the molecule is CCCC1(C(=O)CCC2CC2)CCNCC1. The summed E-state index contributed by atoms with van der Waals surface area (Å²) < 4.78 is 0. The smallest absolute Gasteiger partial charge is 0.139 e. The summed E-state index contributed by atoms with van der Waals surface area (Å²) in [6, 6.07) is 0. The van der Waals surface area contributed by atoms with Gasteiger partial charge in [0.2, 0.25) is 0 Å². The fraction of sp³-hybridized carbons (Fsp3) is 0.929. The minimum absolute atomic E-state index is 0.0505. The molecule has 0 atom stereocenters. The first-order valence-corrected chi connectivity index (χ1v) is 7.01. The first-order valence-electron chi connectivity index (χ1n) is 7.01. The van der Waals surface area contributed by atoms with E-state index in [4.69, 9.17) is 0 Å². The number of carbonyl (C=O) groups excluding carboxylic acids is 1. The molecule has 0 aromatic carbocycles. The van der Waals surface area contributed by atoms with Gasteiger partial charge in [-0.2, -0.15) is 0 Å². The lowest BCUT2D eigenvalue weighted by Gasteiger charge is -2.36. The van der Waals surface area contributed by atoms with Crippen molar-refractivity contribution in [3.8, 4) is 0 Å². The Bertz CT molecular complexity index is 234. The molecule has 2 nitrogen and oxygen atoms in total. The van der Waals surface area contributed by atoms with Crippen molar-refractivity contribution in [1.29, 1.82) is 0 Å². The maximum Gasteiger partial charge on any atom is 0.139 e. The summed E-state index contributed by atoms with van der Waals surface area (Å²) in [7, 11) is 0. The lowest BCUT2D eigenvalue weighted by atomic mass is 9.71. The van der Waals surface area contributed by atoms with Gasteiger partial charge < -0.3 is 5.32 Å². The van der Waals surface area contributed by atoms with E-state index in [1.165, 1.54) is 12.8 Å². The molecule has 2 aliphatic rings. The Morgan fingerprint density at radius 2 is 2.00 bits per heavy atom. The van der Waals surface area contributed by atoms with Crippen LogP contribution in [0.1, 0.15) is 58.3 Å². The average Bonchev–Trinajstić information content (AvgIpc) is 3.11. The number of hydrogen-bond donors (Lipinski definition) is 1. The third-order valence-corrected chi connectivity index (χ3v) is 4.36. The van der Waals surface area contributed by atoms with Gasteiger partial charge in [0.05, 0.1) is 0 Å². The van der Waals surface area contributed by atoms with Gasteiger partial charge >= 0.3 is 0 Å². The van der Waals surface area contributed by atoms with Crippen LogP contribution < -0.4 is 5.32 Å². The van der Waals surface area contributed by atoms with Crippen LogP contribution in [0.2, 0.25) is 0 Å². The van der Waals surface area contributed by atoms with Crippen molar-refractivity contribution in [2.24, 2.45) is 11.3 Å². The number of rotatable bonds is 6. The molecule has 0 unspecified atom stereocenters. The van der Waals surface area contributed by atoms with Crippen molar-refractivity contribution < 1.29 is 4.79 Å². The predicted molar refractivity (Wildman–Crippen MR) is 66.4 cm³/mol. The van der Waals surface area contributed by atoms with E-state index < -0.39 is 0 Å². The summed E-state index contributed by atoms with van der Waals surface area (Å²) in [4.78, 5) is 12.4. The summed E-state index contributed by atoms with van der Waals surface area (Å²) >= 11 is 0. The Morgan fingerprint density at radius 1 is 1.31 bits per heavy atom. The van der Waals surface area contributed by atoms with E-state index in [0.29, 0.717) is 5.78 Å². The van der Waals surface area contributed by atoms with Crippen LogP contribution in [0.4, 0.5) is 0 Å². The van der Waals surface area contributed by atoms with Crippen molar-refractivity contribution >= 4 is 5.78 Å². The molecule has 16 heavy (non-hydrogen) atoms. The van der Waals surface area contributed by atoms with E-state index >= 15 is 0 Å². The van der Waals surface area contributed by atoms with Gasteiger partial charge in [-0.3, -0.25) is 4.79 Å². The monoisotopic (exact) mass is 223 g/mol. The first-order chi connectivity index (χ1) is 7.77. The van der Waals surface area contributed by atoms with Gasteiger partial charge in [0.15, 0.2) is 0 Å². The van der Waals surface area contributed by atoms with Crippen molar-refractivity contribution in [1.82, 2.24) is 5.32 Å². The van der Waals surface area contributed by atoms with E-state index in [0.717, 1.165) is 57.5 Å².